The summed E-state index contributed by atoms with van der Waals surface area (Å²) < 4.78 is 5.06. The number of hydrogen-bond acceptors (Lipinski definition) is 2. The van der Waals surface area contributed by atoms with Gasteiger partial charge < -0.3 is 9.32 Å². The maximum atomic E-state index is 12.8. The first-order valence-electron chi connectivity index (χ1n) is 7.24. The van der Waals surface area contributed by atoms with Crippen molar-refractivity contribution in [2.75, 3.05) is 0 Å². The van der Waals surface area contributed by atoms with Crippen molar-refractivity contribution in [3.63, 3.8) is 0 Å². The van der Waals surface area contributed by atoms with E-state index in [0.29, 0.717) is 18.0 Å². The Hall–Kier alpha value is -1.74. The Morgan fingerprint density at radius 2 is 2.05 bits per heavy atom. The maximum absolute atomic E-state index is 12.8. The normalized spacial score (nSPS) is 15.7. The Morgan fingerprint density at radius 3 is 2.62 bits per heavy atom. The van der Waals surface area contributed by atoms with Gasteiger partial charge in [0.25, 0.3) is 5.91 Å². The molecule has 3 nitrogen and oxygen atoms in total. The van der Waals surface area contributed by atoms with Crippen LogP contribution in [-0.2, 0) is 6.54 Å². The Labute approximate surface area is 129 Å². The molecular weight excluding hydrogens is 286 g/mol. The zero-order chi connectivity index (χ0) is 14.8. The molecule has 1 aliphatic rings. The fourth-order valence-corrected chi connectivity index (χ4v) is 2.81. The van der Waals surface area contributed by atoms with E-state index in [-0.39, 0.29) is 17.2 Å². The SMILES string of the molecule is CC(C1CC1)N(Cc1ccccc1)C(=O)c1ccoc1Cl. The fraction of sp³-hybridized carbons (Fsp3) is 0.353. The third-order valence-corrected chi connectivity index (χ3v) is 4.39. The first-order valence-corrected chi connectivity index (χ1v) is 7.62. The van der Waals surface area contributed by atoms with Crippen LogP contribution >= 0.6 is 11.6 Å². The monoisotopic (exact) mass is 303 g/mol. The summed E-state index contributed by atoms with van der Waals surface area (Å²) in [4.78, 5) is 14.7. The van der Waals surface area contributed by atoms with E-state index in [1.165, 1.54) is 19.1 Å². The van der Waals surface area contributed by atoms with Crippen LogP contribution in [0.1, 0.15) is 35.7 Å². The molecule has 1 amide bonds. The van der Waals surface area contributed by atoms with Gasteiger partial charge in [0.05, 0.1) is 11.8 Å². The summed E-state index contributed by atoms with van der Waals surface area (Å²) in [5, 5.41) is 0.168. The van der Waals surface area contributed by atoms with Crippen LogP contribution in [0.4, 0.5) is 0 Å². The average molecular weight is 304 g/mol. The minimum absolute atomic E-state index is 0.0583. The van der Waals surface area contributed by atoms with Crippen LogP contribution in [0.3, 0.4) is 0 Å². The number of rotatable bonds is 5. The Morgan fingerprint density at radius 1 is 1.33 bits per heavy atom. The van der Waals surface area contributed by atoms with E-state index in [2.05, 4.69) is 6.92 Å². The molecule has 1 unspecified atom stereocenters. The van der Waals surface area contributed by atoms with Gasteiger partial charge in [0.1, 0.15) is 0 Å². The number of carbonyl (C=O) groups is 1. The van der Waals surface area contributed by atoms with Crippen molar-refractivity contribution in [3.05, 3.63) is 59.0 Å². The number of hydrogen-bond donors (Lipinski definition) is 0. The molecule has 4 heteroatoms. The summed E-state index contributed by atoms with van der Waals surface area (Å²) >= 11 is 5.97. The van der Waals surface area contributed by atoms with Crippen molar-refractivity contribution < 1.29 is 9.21 Å². The molecule has 1 aliphatic carbocycles. The van der Waals surface area contributed by atoms with Gasteiger partial charge in [0.2, 0.25) is 5.22 Å². The van der Waals surface area contributed by atoms with Gasteiger partial charge in [0, 0.05) is 12.6 Å². The van der Waals surface area contributed by atoms with Gasteiger partial charge in [-0.15, -0.1) is 0 Å². The summed E-state index contributed by atoms with van der Waals surface area (Å²) in [6, 6.07) is 11.9. The van der Waals surface area contributed by atoms with E-state index in [1.54, 1.807) is 6.07 Å². The van der Waals surface area contributed by atoms with E-state index >= 15 is 0 Å². The predicted molar refractivity (Wildman–Crippen MR) is 82.2 cm³/mol. The highest BCUT2D eigenvalue weighted by Gasteiger charge is 2.35. The van der Waals surface area contributed by atoms with Gasteiger partial charge in [-0.05, 0) is 48.9 Å². The van der Waals surface area contributed by atoms with Crippen LogP contribution in [0.25, 0.3) is 0 Å². The Bertz CT molecular complexity index is 619. The number of amides is 1. The lowest BCUT2D eigenvalue weighted by atomic mass is 10.1. The maximum Gasteiger partial charge on any atom is 0.259 e. The van der Waals surface area contributed by atoms with Gasteiger partial charge in [-0.3, -0.25) is 4.79 Å². The van der Waals surface area contributed by atoms with Crippen LogP contribution in [-0.4, -0.2) is 16.8 Å². The molecule has 3 rings (SSSR count). The van der Waals surface area contributed by atoms with Crippen LogP contribution in [0, 0.1) is 5.92 Å². The summed E-state index contributed by atoms with van der Waals surface area (Å²) in [6.45, 7) is 2.71. The molecule has 1 aromatic heterocycles. The molecule has 1 atom stereocenters. The summed E-state index contributed by atoms with van der Waals surface area (Å²) in [5.74, 6) is 0.542. The minimum Gasteiger partial charge on any atom is -0.452 e. The molecular formula is C17H18ClNO2. The second-order valence-electron chi connectivity index (χ2n) is 5.60. The standard InChI is InChI=1S/C17H18ClNO2/c1-12(14-7-8-14)19(11-13-5-3-2-4-6-13)17(20)15-9-10-21-16(15)18/h2-6,9-10,12,14H,7-8,11H2,1H3. The number of halogens is 1. The molecule has 0 N–H and O–H groups in total. The summed E-state index contributed by atoms with van der Waals surface area (Å²) in [7, 11) is 0. The quantitative estimate of drug-likeness (QED) is 0.821. The highest BCUT2D eigenvalue weighted by molar-refractivity contribution is 6.32. The van der Waals surface area contributed by atoms with Crippen LogP contribution in [0.15, 0.2) is 47.1 Å². The topological polar surface area (TPSA) is 33.5 Å². The molecule has 1 fully saturated rings. The van der Waals surface area contributed by atoms with Gasteiger partial charge in [-0.1, -0.05) is 30.3 Å². The first kappa shape index (κ1) is 14.2. The van der Waals surface area contributed by atoms with Gasteiger partial charge in [-0.25, -0.2) is 0 Å². The van der Waals surface area contributed by atoms with Crippen LogP contribution < -0.4 is 0 Å². The molecule has 1 heterocycles. The van der Waals surface area contributed by atoms with Crippen molar-refractivity contribution >= 4 is 17.5 Å². The van der Waals surface area contributed by atoms with E-state index in [0.717, 1.165) is 5.56 Å². The summed E-state index contributed by atoms with van der Waals surface area (Å²) in [5.41, 5.74) is 1.57. The lowest BCUT2D eigenvalue weighted by Gasteiger charge is -2.29. The van der Waals surface area contributed by atoms with Crippen molar-refractivity contribution in [3.8, 4) is 0 Å². The third kappa shape index (κ3) is 3.13. The summed E-state index contributed by atoms with van der Waals surface area (Å²) in [6.07, 6.45) is 3.84. The molecule has 0 aliphatic heterocycles. The fourth-order valence-electron chi connectivity index (χ4n) is 2.61. The van der Waals surface area contributed by atoms with Crippen molar-refractivity contribution in [1.29, 1.82) is 0 Å². The second kappa shape index (κ2) is 5.94. The van der Waals surface area contributed by atoms with Crippen molar-refractivity contribution in [1.82, 2.24) is 4.90 Å². The third-order valence-electron chi connectivity index (χ3n) is 4.10. The second-order valence-corrected chi connectivity index (χ2v) is 5.95. The number of nitrogens with zero attached hydrogens (tertiary/aromatic N) is 1. The highest BCUT2D eigenvalue weighted by atomic mass is 35.5. The molecule has 0 radical (unpaired) electrons. The molecule has 2 aromatic rings. The van der Waals surface area contributed by atoms with Crippen molar-refractivity contribution in [2.45, 2.75) is 32.4 Å². The predicted octanol–water partition coefficient (Wildman–Crippen LogP) is 4.37. The molecule has 110 valence electrons. The minimum atomic E-state index is -0.0583. The molecule has 0 spiro atoms. The molecule has 21 heavy (non-hydrogen) atoms. The Kier molecular flexibility index (Phi) is 4.02. The number of benzene rings is 1. The van der Waals surface area contributed by atoms with Gasteiger partial charge in [-0.2, -0.15) is 0 Å². The first-order chi connectivity index (χ1) is 10.2. The van der Waals surface area contributed by atoms with E-state index in [9.17, 15) is 4.79 Å². The average Bonchev–Trinajstić information content (AvgIpc) is 3.26. The largest absolute Gasteiger partial charge is 0.452 e. The molecule has 0 bridgehead atoms. The lowest BCUT2D eigenvalue weighted by molar-refractivity contribution is 0.0654. The zero-order valence-electron chi connectivity index (χ0n) is 12.0. The Balaban J connectivity index is 1.85. The van der Waals surface area contributed by atoms with Gasteiger partial charge in [0.15, 0.2) is 0 Å². The van der Waals surface area contributed by atoms with Gasteiger partial charge >= 0.3 is 0 Å². The van der Waals surface area contributed by atoms with E-state index in [4.69, 9.17) is 16.0 Å². The zero-order valence-corrected chi connectivity index (χ0v) is 12.7. The van der Waals surface area contributed by atoms with Crippen LogP contribution in [0.2, 0.25) is 5.22 Å². The number of furan rings is 1. The smallest absolute Gasteiger partial charge is 0.259 e. The van der Waals surface area contributed by atoms with Crippen LogP contribution in [0.5, 0.6) is 0 Å². The lowest BCUT2D eigenvalue weighted by Crippen LogP contribution is -2.39. The number of carbonyl (C=O) groups excluding carboxylic acids is 1. The molecule has 0 saturated heterocycles. The van der Waals surface area contributed by atoms with E-state index in [1.807, 2.05) is 35.2 Å². The van der Waals surface area contributed by atoms with E-state index < -0.39 is 0 Å². The molecule has 1 saturated carbocycles. The molecule has 1 aromatic carbocycles. The highest BCUT2D eigenvalue weighted by Crippen LogP contribution is 2.36. The van der Waals surface area contributed by atoms with Crippen molar-refractivity contribution in [2.24, 2.45) is 5.92 Å².